The molecule has 0 bridgehead atoms. The number of hydrogen-bond acceptors (Lipinski definition) is 2. The third-order valence-electron chi connectivity index (χ3n) is 1.22. The first-order valence-corrected chi connectivity index (χ1v) is 3.05. The first-order valence-electron chi connectivity index (χ1n) is 3.05. The van der Waals surface area contributed by atoms with Crippen molar-refractivity contribution in [3.63, 3.8) is 0 Å². The van der Waals surface area contributed by atoms with Gasteiger partial charge in [-0.3, -0.25) is 0 Å². The first kappa shape index (κ1) is 6.20. The molecule has 2 heteroatoms. The molecule has 0 saturated heterocycles. The second-order valence-electron chi connectivity index (χ2n) is 2.39. The zero-order valence-corrected chi connectivity index (χ0v) is 5.72. The summed E-state index contributed by atoms with van der Waals surface area (Å²) in [6.45, 7) is 4.14. The van der Waals surface area contributed by atoms with Gasteiger partial charge in [-0.2, -0.15) is 0 Å². The van der Waals surface area contributed by atoms with Crippen LogP contribution in [0, 0.1) is 0 Å². The minimum atomic E-state index is 0.433. The minimum Gasteiger partial charge on any atom is -0.446 e. The maximum atomic E-state index is 5.35. The van der Waals surface area contributed by atoms with E-state index < -0.39 is 0 Å². The van der Waals surface area contributed by atoms with Crippen molar-refractivity contribution in [2.24, 2.45) is 0 Å². The summed E-state index contributed by atoms with van der Waals surface area (Å²) in [5.74, 6) is 1.88. The molecule has 0 spiro atoms. The minimum absolute atomic E-state index is 0.433. The number of nitrogen functional groups attached to an aromatic ring is 1. The highest BCUT2D eigenvalue weighted by Gasteiger charge is 2.01. The molecule has 9 heavy (non-hydrogen) atoms. The van der Waals surface area contributed by atoms with Gasteiger partial charge in [0.25, 0.3) is 0 Å². The van der Waals surface area contributed by atoms with Crippen molar-refractivity contribution in [2.75, 3.05) is 5.73 Å². The molecule has 0 radical (unpaired) electrons. The van der Waals surface area contributed by atoms with E-state index in [2.05, 4.69) is 13.8 Å². The molecule has 0 saturated carbocycles. The molecule has 0 aliphatic rings. The van der Waals surface area contributed by atoms with E-state index in [0.29, 0.717) is 11.8 Å². The summed E-state index contributed by atoms with van der Waals surface area (Å²) in [5.41, 5.74) is 5.35. The molecule has 0 atom stereocenters. The lowest BCUT2D eigenvalue weighted by molar-refractivity contribution is 0.502. The summed E-state index contributed by atoms with van der Waals surface area (Å²) in [5, 5.41) is 0. The van der Waals surface area contributed by atoms with Gasteiger partial charge in [-0.1, -0.05) is 13.8 Å². The Labute approximate surface area is 54.7 Å². The van der Waals surface area contributed by atoms with Crippen LogP contribution in [0.2, 0.25) is 0 Å². The number of rotatable bonds is 1. The highest BCUT2D eigenvalue weighted by molar-refractivity contribution is 5.26. The number of hydrogen-bond donors (Lipinski definition) is 1. The van der Waals surface area contributed by atoms with E-state index in [1.807, 2.05) is 6.07 Å². The predicted octanol–water partition coefficient (Wildman–Crippen LogP) is 1.99. The Bertz CT molecular complexity index is 191. The zero-order valence-electron chi connectivity index (χ0n) is 5.72. The van der Waals surface area contributed by atoms with E-state index in [9.17, 15) is 0 Å². The van der Waals surface area contributed by atoms with Crippen molar-refractivity contribution in [2.45, 2.75) is 19.8 Å². The average Bonchev–Trinajstić information content (AvgIpc) is 2.14. The zero-order chi connectivity index (χ0) is 6.85. The van der Waals surface area contributed by atoms with Gasteiger partial charge in [0.2, 0.25) is 0 Å². The molecule has 0 amide bonds. The van der Waals surface area contributed by atoms with Crippen molar-refractivity contribution in [3.8, 4) is 0 Å². The Hall–Kier alpha value is -0.920. The van der Waals surface area contributed by atoms with Gasteiger partial charge < -0.3 is 10.2 Å². The third kappa shape index (κ3) is 1.25. The largest absolute Gasteiger partial charge is 0.446 e. The van der Waals surface area contributed by atoms with Crippen LogP contribution in [0.4, 0.5) is 5.88 Å². The van der Waals surface area contributed by atoms with Crippen molar-refractivity contribution in [3.05, 3.63) is 17.9 Å². The SMILES string of the molecule is CC(C)c1ccc(N)o1. The van der Waals surface area contributed by atoms with Gasteiger partial charge in [-0.05, 0) is 6.07 Å². The average molecular weight is 125 g/mol. The summed E-state index contributed by atoms with van der Waals surface area (Å²) in [4.78, 5) is 0. The normalized spacial score (nSPS) is 10.6. The summed E-state index contributed by atoms with van der Waals surface area (Å²) in [6, 6.07) is 3.68. The predicted molar refractivity (Wildman–Crippen MR) is 37.2 cm³/mol. The number of nitrogens with two attached hydrogens (primary N) is 1. The summed E-state index contributed by atoms with van der Waals surface area (Å²) in [6.07, 6.45) is 0. The molecule has 1 aromatic rings. The standard InChI is InChI=1S/C7H11NO/c1-5(2)6-3-4-7(8)9-6/h3-5H,8H2,1-2H3. The molecule has 0 aliphatic carbocycles. The van der Waals surface area contributed by atoms with Gasteiger partial charge in [0.1, 0.15) is 5.76 Å². The lowest BCUT2D eigenvalue weighted by Crippen LogP contribution is -1.81. The third-order valence-corrected chi connectivity index (χ3v) is 1.22. The lowest BCUT2D eigenvalue weighted by atomic mass is 10.2. The van der Waals surface area contributed by atoms with Crippen LogP contribution in [0.3, 0.4) is 0 Å². The van der Waals surface area contributed by atoms with Gasteiger partial charge in [-0.15, -0.1) is 0 Å². The Kier molecular flexibility index (Phi) is 1.47. The molecule has 0 unspecified atom stereocenters. The van der Waals surface area contributed by atoms with Crippen molar-refractivity contribution < 1.29 is 4.42 Å². The topological polar surface area (TPSA) is 39.2 Å². The molecule has 2 nitrogen and oxygen atoms in total. The second-order valence-corrected chi connectivity index (χ2v) is 2.39. The molecular weight excluding hydrogens is 114 g/mol. The highest BCUT2D eigenvalue weighted by atomic mass is 16.4. The molecule has 0 fully saturated rings. The van der Waals surface area contributed by atoms with Gasteiger partial charge in [0.05, 0.1) is 0 Å². The van der Waals surface area contributed by atoms with Crippen LogP contribution in [-0.2, 0) is 0 Å². The van der Waals surface area contributed by atoms with Gasteiger partial charge >= 0.3 is 0 Å². The van der Waals surface area contributed by atoms with E-state index in [1.165, 1.54) is 0 Å². The first-order chi connectivity index (χ1) is 4.20. The Morgan fingerprint density at radius 1 is 1.44 bits per heavy atom. The maximum absolute atomic E-state index is 5.35. The van der Waals surface area contributed by atoms with Crippen molar-refractivity contribution >= 4 is 5.88 Å². The number of anilines is 1. The van der Waals surface area contributed by atoms with Crippen LogP contribution < -0.4 is 5.73 Å². The smallest absolute Gasteiger partial charge is 0.190 e. The van der Waals surface area contributed by atoms with Crippen LogP contribution >= 0.6 is 0 Å². The van der Waals surface area contributed by atoms with E-state index in [4.69, 9.17) is 10.2 Å². The Balaban J connectivity index is 2.85. The Morgan fingerprint density at radius 2 is 2.11 bits per heavy atom. The van der Waals surface area contributed by atoms with Crippen LogP contribution in [0.1, 0.15) is 25.5 Å². The summed E-state index contributed by atoms with van der Waals surface area (Å²) < 4.78 is 5.12. The molecular formula is C7H11NO. The fourth-order valence-electron chi connectivity index (χ4n) is 0.679. The van der Waals surface area contributed by atoms with Crippen molar-refractivity contribution in [1.82, 2.24) is 0 Å². The summed E-state index contributed by atoms with van der Waals surface area (Å²) >= 11 is 0. The van der Waals surface area contributed by atoms with Crippen LogP contribution in [0.5, 0.6) is 0 Å². The van der Waals surface area contributed by atoms with Gasteiger partial charge in [-0.25, -0.2) is 0 Å². The van der Waals surface area contributed by atoms with E-state index in [0.717, 1.165) is 5.76 Å². The molecule has 2 N–H and O–H groups in total. The van der Waals surface area contributed by atoms with Crippen LogP contribution in [-0.4, -0.2) is 0 Å². The van der Waals surface area contributed by atoms with Gasteiger partial charge in [0, 0.05) is 12.0 Å². The van der Waals surface area contributed by atoms with E-state index >= 15 is 0 Å². The molecule has 0 aliphatic heterocycles. The van der Waals surface area contributed by atoms with E-state index in [-0.39, 0.29) is 0 Å². The van der Waals surface area contributed by atoms with E-state index in [1.54, 1.807) is 6.07 Å². The monoisotopic (exact) mass is 125 g/mol. The maximum Gasteiger partial charge on any atom is 0.190 e. The highest BCUT2D eigenvalue weighted by Crippen LogP contribution is 2.17. The van der Waals surface area contributed by atoms with Crippen molar-refractivity contribution in [1.29, 1.82) is 0 Å². The van der Waals surface area contributed by atoms with Crippen LogP contribution in [0.15, 0.2) is 16.5 Å². The summed E-state index contributed by atoms with van der Waals surface area (Å²) in [7, 11) is 0. The molecule has 0 aromatic carbocycles. The second kappa shape index (κ2) is 2.13. The Morgan fingerprint density at radius 3 is 2.33 bits per heavy atom. The molecule has 1 heterocycles. The van der Waals surface area contributed by atoms with Gasteiger partial charge in [0.15, 0.2) is 5.88 Å². The molecule has 1 aromatic heterocycles. The fourth-order valence-corrected chi connectivity index (χ4v) is 0.679. The molecule has 1 rings (SSSR count). The fraction of sp³-hybridized carbons (Fsp3) is 0.429. The number of furan rings is 1. The lowest BCUT2D eigenvalue weighted by Gasteiger charge is -1.95. The molecule has 50 valence electrons. The van der Waals surface area contributed by atoms with Crippen LogP contribution in [0.25, 0.3) is 0 Å². The quantitative estimate of drug-likeness (QED) is 0.623.